The number of carbonyl (C=O) groups excluding carboxylic acids is 1. The van der Waals surface area contributed by atoms with E-state index in [1.54, 1.807) is 24.3 Å². The molecule has 0 unspecified atom stereocenters. The average molecular weight is 441 g/mol. The van der Waals surface area contributed by atoms with E-state index in [2.05, 4.69) is 5.32 Å². The van der Waals surface area contributed by atoms with Crippen molar-refractivity contribution in [1.29, 1.82) is 0 Å². The van der Waals surface area contributed by atoms with Crippen molar-refractivity contribution in [2.24, 2.45) is 0 Å². The molecule has 6 heteroatoms. The maximum absolute atomic E-state index is 13.6. The molecule has 1 aliphatic heterocycles. The van der Waals surface area contributed by atoms with E-state index in [4.69, 9.17) is 11.6 Å². The molecule has 2 aliphatic rings. The number of para-hydroxylation sites is 1. The number of hydrogen-bond acceptors (Lipinski definition) is 2. The van der Waals surface area contributed by atoms with Gasteiger partial charge in [-0.3, -0.25) is 0 Å². The van der Waals surface area contributed by atoms with Crippen LogP contribution in [0, 0.1) is 5.82 Å². The van der Waals surface area contributed by atoms with Gasteiger partial charge in [-0.2, -0.15) is 0 Å². The Balaban J connectivity index is 1.55. The zero-order valence-electron chi connectivity index (χ0n) is 16.5. The molecule has 1 atom stereocenters. The number of benzene rings is 2. The van der Waals surface area contributed by atoms with Gasteiger partial charge in [-0.1, -0.05) is 35.9 Å². The number of rotatable bonds is 2. The molecule has 0 saturated heterocycles. The number of urea groups is 1. The van der Waals surface area contributed by atoms with Crippen LogP contribution in [0.3, 0.4) is 0 Å². The van der Waals surface area contributed by atoms with Crippen LogP contribution in [-0.4, -0.2) is 17.5 Å². The number of nitrogens with zero attached hydrogens (tertiary/aromatic N) is 1. The molecule has 3 aromatic rings. The third-order valence-corrected chi connectivity index (χ3v) is 7.75. The Kier molecular flexibility index (Phi) is 5.25. The SMILES string of the molecule is O=C(Nc1ccccc1Cl)N1CCc2c(sc3c2CCCC3)[C@@H]1c1ccc(F)cc1. The summed E-state index contributed by atoms with van der Waals surface area (Å²) in [7, 11) is 0. The lowest BCUT2D eigenvalue weighted by molar-refractivity contribution is 0.195. The topological polar surface area (TPSA) is 32.3 Å². The second-order valence-corrected chi connectivity index (χ2v) is 9.41. The Labute approximate surface area is 184 Å². The van der Waals surface area contributed by atoms with E-state index in [0.717, 1.165) is 24.8 Å². The minimum absolute atomic E-state index is 0.186. The van der Waals surface area contributed by atoms with Crippen LogP contribution >= 0.6 is 22.9 Å². The third kappa shape index (κ3) is 3.50. The summed E-state index contributed by atoms with van der Waals surface area (Å²) >= 11 is 8.09. The normalized spacial score (nSPS) is 17.9. The fraction of sp³-hybridized carbons (Fsp3) is 0.292. The Bertz CT molecular complexity index is 1100. The van der Waals surface area contributed by atoms with Gasteiger partial charge in [0.15, 0.2) is 0 Å². The summed E-state index contributed by atoms with van der Waals surface area (Å²) in [6.07, 6.45) is 5.56. The number of nitrogens with one attached hydrogen (secondary N) is 1. The van der Waals surface area contributed by atoms with Gasteiger partial charge in [0.1, 0.15) is 5.82 Å². The summed E-state index contributed by atoms with van der Waals surface area (Å²) in [5, 5.41) is 3.48. The Morgan fingerprint density at radius 3 is 2.60 bits per heavy atom. The molecule has 5 rings (SSSR count). The lowest BCUT2D eigenvalue weighted by Gasteiger charge is -2.36. The first kappa shape index (κ1) is 19.6. The fourth-order valence-electron chi connectivity index (χ4n) is 4.60. The van der Waals surface area contributed by atoms with Crippen LogP contribution in [-0.2, 0) is 19.3 Å². The van der Waals surface area contributed by atoms with Crippen LogP contribution in [0.15, 0.2) is 48.5 Å². The molecule has 0 fully saturated rings. The molecule has 154 valence electrons. The molecule has 1 aliphatic carbocycles. The molecule has 1 aromatic heterocycles. The molecular formula is C24H22ClFN2OS. The van der Waals surface area contributed by atoms with Crippen LogP contribution < -0.4 is 5.32 Å². The quantitative estimate of drug-likeness (QED) is 0.478. The van der Waals surface area contributed by atoms with E-state index in [0.29, 0.717) is 17.3 Å². The Morgan fingerprint density at radius 2 is 1.80 bits per heavy atom. The molecule has 3 nitrogen and oxygen atoms in total. The van der Waals surface area contributed by atoms with Gasteiger partial charge in [0.2, 0.25) is 0 Å². The van der Waals surface area contributed by atoms with Crippen molar-refractivity contribution in [2.75, 3.05) is 11.9 Å². The summed E-state index contributed by atoms with van der Waals surface area (Å²) in [6, 6.07) is 13.4. The standard InChI is InChI=1S/C24H22ClFN2OS/c25-19-6-2-3-7-20(19)27-24(29)28-14-13-18-17-5-1-4-8-21(17)30-23(18)22(28)15-9-11-16(26)12-10-15/h2-3,6-7,9-12,22H,1,4-5,8,13-14H2,(H,27,29)/t22-/m0/s1. The maximum Gasteiger partial charge on any atom is 0.322 e. The van der Waals surface area contributed by atoms with Crippen LogP contribution in [0.2, 0.25) is 5.02 Å². The van der Waals surface area contributed by atoms with Gasteiger partial charge in [-0.15, -0.1) is 11.3 Å². The molecule has 0 saturated carbocycles. The zero-order valence-corrected chi connectivity index (χ0v) is 18.0. The highest BCUT2D eigenvalue weighted by atomic mass is 35.5. The van der Waals surface area contributed by atoms with Gasteiger partial charge in [-0.05, 0) is 73.1 Å². The van der Waals surface area contributed by atoms with Crippen LogP contribution in [0.1, 0.15) is 45.3 Å². The predicted molar refractivity (Wildman–Crippen MR) is 120 cm³/mol. The highest BCUT2D eigenvalue weighted by molar-refractivity contribution is 7.12. The molecule has 2 heterocycles. The number of aryl methyl sites for hydroxylation is 1. The summed E-state index contributed by atoms with van der Waals surface area (Å²) in [6.45, 7) is 0.620. The first-order chi connectivity index (χ1) is 14.6. The van der Waals surface area contributed by atoms with Gasteiger partial charge in [-0.25, -0.2) is 9.18 Å². The van der Waals surface area contributed by atoms with Crippen molar-refractivity contribution in [3.63, 3.8) is 0 Å². The van der Waals surface area contributed by atoms with Gasteiger partial charge >= 0.3 is 6.03 Å². The van der Waals surface area contributed by atoms with E-state index in [1.807, 2.05) is 28.4 Å². The van der Waals surface area contributed by atoms with E-state index in [9.17, 15) is 9.18 Å². The van der Waals surface area contributed by atoms with Crippen molar-refractivity contribution >= 4 is 34.7 Å². The summed E-state index contributed by atoms with van der Waals surface area (Å²) < 4.78 is 13.6. The molecule has 1 N–H and O–H groups in total. The first-order valence-electron chi connectivity index (χ1n) is 10.3. The lowest BCUT2D eigenvalue weighted by Crippen LogP contribution is -2.42. The van der Waals surface area contributed by atoms with Crippen LogP contribution in [0.4, 0.5) is 14.9 Å². The lowest BCUT2D eigenvalue weighted by atomic mass is 9.88. The van der Waals surface area contributed by atoms with Crippen molar-refractivity contribution in [2.45, 2.75) is 38.1 Å². The van der Waals surface area contributed by atoms with Gasteiger partial charge in [0.05, 0.1) is 16.8 Å². The van der Waals surface area contributed by atoms with Crippen molar-refractivity contribution < 1.29 is 9.18 Å². The minimum Gasteiger partial charge on any atom is -0.312 e. The molecular weight excluding hydrogens is 419 g/mol. The van der Waals surface area contributed by atoms with E-state index < -0.39 is 0 Å². The maximum atomic E-state index is 13.6. The number of fused-ring (bicyclic) bond motifs is 3. The van der Waals surface area contributed by atoms with Crippen molar-refractivity contribution in [3.05, 3.63) is 85.8 Å². The highest BCUT2D eigenvalue weighted by Gasteiger charge is 2.36. The number of hydrogen-bond donors (Lipinski definition) is 1. The first-order valence-corrected chi connectivity index (χ1v) is 11.5. The highest BCUT2D eigenvalue weighted by Crippen LogP contribution is 2.45. The van der Waals surface area contributed by atoms with E-state index in [1.165, 1.54) is 45.9 Å². The molecule has 30 heavy (non-hydrogen) atoms. The van der Waals surface area contributed by atoms with Gasteiger partial charge in [0, 0.05) is 16.3 Å². The minimum atomic E-state index is -0.271. The molecule has 0 bridgehead atoms. The smallest absolute Gasteiger partial charge is 0.312 e. The Hall–Kier alpha value is -2.37. The van der Waals surface area contributed by atoms with Crippen molar-refractivity contribution in [3.8, 4) is 0 Å². The third-order valence-electron chi connectivity index (χ3n) is 6.04. The van der Waals surface area contributed by atoms with E-state index >= 15 is 0 Å². The number of anilines is 1. The number of carbonyl (C=O) groups is 1. The number of halogens is 2. The monoisotopic (exact) mass is 440 g/mol. The number of amides is 2. The largest absolute Gasteiger partial charge is 0.322 e. The number of thiophene rings is 1. The van der Waals surface area contributed by atoms with Crippen LogP contribution in [0.5, 0.6) is 0 Å². The Morgan fingerprint density at radius 1 is 1.03 bits per heavy atom. The van der Waals surface area contributed by atoms with E-state index in [-0.39, 0.29) is 17.9 Å². The second kappa shape index (κ2) is 8.05. The summed E-state index contributed by atoms with van der Waals surface area (Å²) in [4.78, 5) is 17.9. The van der Waals surface area contributed by atoms with Gasteiger partial charge < -0.3 is 10.2 Å². The second-order valence-electron chi connectivity index (χ2n) is 7.86. The summed E-state index contributed by atoms with van der Waals surface area (Å²) in [5.74, 6) is -0.271. The molecule has 0 spiro atoms. The zero-order chi connectivity index (χ0) is 20.7. The molecule has 2 aromatic carbocycles. The van der Waals surface area contributed by atoms with Crippen LogP contribution in [0.25, 0.3) is 0 Å². The summed E-state index contributed by atoms with van der Waals surface area (Å²) in [5.41, 5.74) is 4.44. The van der Waals surface area contributed by atoms with Gasteiger partial charge in [0.25, 0.3) is 0 Å². The van der Waals surface area contributed by atoms with Crippen molar-refractivity contribution in [1.82, 2.24) is 4.90 Å². The molecule has 2 amide bonds. The fourth-order valence-corrected chi connectivity index (χ4v) is 6.36. The predicted octanol–water partition coefficient (Wildman–Crippen LogP) is 6.60. The molecule has 0 radical (unpaired) electrons. The average Bonchev–Trinajstić information content (AvgIpc) is 3.14.